The van der Waals surface area contributed by atoms with E-state index in [2.05, 4.69) is 46.2 Å². The number of hydrogen-bond donors (Lipinski definition) is 3. The van der Waals surface area contributed by atoms with E-state index < -0.39 is 63.1 Å². The Morgan fingerprint density at radius 2 is 0.779 bits per heavy atom. The fourth-order valence-corrected chi connectivity index (χ4v) is 12.5. The van der Waals surface area contributed by atoms with Gasteiger partial charge >= 0.3 is 0 Å². The van der Waals surface area contributed by atoms with Gasteiger partial charge in [0.1, 0.15) is 11.6 Å². The van der Waals surface area contributed by atoms with E-state index in [4.69, 9.17) is 23.2 Å². The van der Waals surface area contributed by atoms with Gasteiger partial charge in [-0.2, -0.15) is 15.3 Å². The minimum atomic E-state index is -3.43. The molecule has 0 spiro atoms. The van der Waals surface area contributed by atoms with Crippen LogP contribution in [0.2, 0.25) is 10.0 Å². The van der Waals surface area contributed by atoms with Gasteiger partial charge in [0, 0.05) is 56.0 Å². The van der Waals surface area contributed by atoms with Gasteiger partial charge in [0.05, 0.1) is 112 Å². The molecule has 0 aliphatic carbocycles. The van der Waals surface area contributed by atoms with Crippen molar-refractivity contribution in [3.8, 4) is 17.1 Å². The first-order chi connectivity index (χ1) is 44.6. The van der Waals surface area contributed by atoms with Crippen molar-refractivity contribution >= 4 is 80.3 Å². The molecule has 31 heteroatoms. The van der Waals surface area contributed by atoms with Crippen molar-refractivity contribution in [1.29, 1.82) is 0 Å². The lowest BCUT2D eigenvalue weighted by Crippen LogP contribution is -2.29. The molecule has 9 rings (SSSR count). The summed E-state index contributed by atoms with van der Waals surface area (Å²) >= 11 is 11.7. The third kappa shape index (κ3) is 18.9. The molecule has 0 fully saturated rings. The van der Waals surface area contributed by atoms with Crippen LogP contribution in [-0.2, 0) is 39.3 Å². The number of sulfone groups is 4. The lowest BCUT2D eigenvalue weighted by atomic mass is 10.0. The summed E-state index contributed by atoms with van der Waals surface area (Å²) in [5.41, 5.74) is 6.37. The van der Waals surface area contributed by atoms with Crippen LogP contribution in [-0.4, -0.2) is 121 Å². The highest BCUT2D eigenvalue weighted by molar-refractivity contribution is 7.91. The summed E-state index contributed by atoms with van der Waals surface area (Å²) in [6, 6.07) is 19.6. The minimum Gasteiger partial charge on any atom is -0.345 e. The van der Waals surface area contributed by atoms with Crippen LogP contribution >= 0.6 is 23.2 Å². The third-order valence-corrected chi connectivity index (χ3v) is 19.8. The van der Waals surface area contributed by atoms with E-state index in [9.17, 15) is 56.8 Å². The number of halogens is 4. The summed E-state index contributed by atoms with van der Waals surface area (Å²) in [5, 5.41) is 21.5. The molecule has 6 aromatic heterocycles. The first-order valence-electron chi connectivity index (χ1n) is 29.4. The van der Waals surface area contributed by atoms with Crippen LogP contribution in [0.4, 0.5) is 8.78 Å². The molecule has 3 aromatic carbocycles. The van der Waals surface area contributed by atoms with Gasteiger partial charge in [-0.25, -0.2) is 61.5 Å². The zero-order valence-electron chi connectivity index (χ0n) is 53.3. The number of carbonyl (C=O) groups excluding carboxylic acids is 3. The number of pyridine rings is 3. The largest absolute Gasteiger partial charge is 0.345 e. The zero-order valence-corrected chi connectivity index (χ0v) is 58.1. The van der Waals surface area contributed by atoms with Crippen LogP contribution in [0.25, 0.3) is 17.1 Å². The van der Waals surface area contributed by atoms with Crippen LogP contribution in [0.5, 0.6) is 0 Å². The van der Waals surface area contributed by atoms with E-state index in [1.165, 1.54) is 113 Å². The molecule has 23 nitrogen and oxygen atoms in total. The maximum absolute atomic E-state index is 13.5. The van der Waals surface area contributed by atoms with Crippen molar-refractivity contribution in [2.75, 3.05) is 25.0 Å². The van der Waals surface area contributed by atoms with Crippen molar-refractivity contribution in [3.05, 3.63) is 207 Å². The molecule has 6 heterocycles. The summed E-state index contributed by atoms with van der Waals surface area (Å²) < 4.78 is 126. The Labute approximate surface area is 560 Å². The van der Waals surface area contributed by atoms with Crippen molar-refractivity contribution in [2.24, 2.45) is 0 Å². The number of rotatable bonds is 22. The molecule has 0 saturated carbocycles. The Hall–Kier alpha value is -8.61. The fraction of sp³-hybridized carbons (Fsp3) is 0.297. The second-order valence-electron chi connectivity index (χ2n) is 22.2. The van der Waals surface area contributed by atoms with Gasteiger partial charge in [0.25, 0.3) is 17.7 Å². The number of nitrogens with zero attached hydrogens (tertiary/aromatic N) is 9. The van der Waals surface area contributed by atoms with Gasteiger partial charge < -0.3 is 16.0 Å². The maximum Gasteiger partial charge on any atom is 0.255 e. The minimum absolute atomic E-state index is 0.0205. The molecule has 504 valence electrons. The first-order valence-corrected chi connectivity index (χ1v) is 37.7. The second kappa shape index (κ2) is 31.3. The molecule has 95 heavy (non-hydrogen) atoms. The molecular formula is C64H70Cl2F2N12O11S4. The van der Waals surface area contributed by atoms with Crippen molar-refractivity contribution in [3.63, 3.8) is 0 Å². The fourth-order valence-electron chi connectivity index (χ4n) is 9.76. The highest BCUT2D eigenvalue weighted by Crippen LogP contribution is 2.28. The molecule has 0 aliphatic rings. The quantitative estimate of drug-likeness (QED) is 0.0568. The summed E-state index contributed by atoms with van der Waals surface area (Å²) in [5.74, 6) is -2.12. The van der Waals surface area contributed by atoms with E-state index in [0.29, 0.717) is 86.8 Å². The Morgan fingerprint density at radius 1 is 0.432 bits per heavy atom. The molecule has 3 amide bonds. The molecule has 3 unspecified atom stereocenters. The topological polar surface area (TPSA) is 316 Å². The van der Waals surface area contributed by atoms with Gasteiger partial charge in [-0.1, -0.05) is 69.3 Å². The van der Waals surface area contributed by atoms with E-state index in [1.807, 2.05) is 20.8 Å². The van der Waals surface area contributed by atoms with E-state index in [0.717, 1.165) is 44.3 Å². The number of carbonyl (C=O) groups is 3. The Kier molecular flexibility index (Phi) is 24.3. The molecule has 9 aromatic rings. The summed E-state index contributed by atoms with van der Waals surface area (Å²) in [6.07, 6.45) is 20.1. The Balaban J connectivity index is 0.000000201. The van der Waals surface area contributed by atoms with Crippen molar-refractivity contribution < 1.29 is 56.8 Å². The lowest BCUT2D eigenvalue weighted by Gasteiger charge is -2.19. The third-order valence-electron chi connectivity index (χ3n) is 14.9. The smallest absolute Gasteiger partial charge is 0.255 e. The molecule has 3 atom stereocenters. The van der Waals surface area contributed by atoms with Crippen LogP contribution in [0.3, 0.4) is 0 Å². The van der Waals surface area contributed by atoms with Gasteiger partial charge in [-0.15, -0.1) is 0 Å². The highest BCUT2D eigenvalue weighted by atomic mass is 35.5. The number of amides is 3. The van der Waals surface area contributed by atoms with Crippen LogP contribution in [0.15, 0.2) is 154 Å². The number of aromatic nitrogens is 9. The predicted molar refractivity (Wildman–Crippen MR) is 355 cm³/mol. The van der Waals surface area contributed by atoms with Crippen molar-refractivity contribution in [1.82, 2.24) is 60.2 Å². The van der Waals surface area contributed by atoms with Gasteiger partial charge in [-0.3, -0.25) is 24.4 Å². The van der Waals surface area contributed by atoms with Gasteiger partial charge in [-0.05, 0) is 136 Å². The normalized spacial score (nSPS) is 12.7. The van der Waals surface area contributed by atoms with Crippen LogP contribution in [0.1, 0.15) is 142 Å². The zero-order chi connectivity index (χ0) is 69.9. The molecule has 0 radical (unpaired) electrons. The monoisotopic (exact) mass is 1420 g/mol. The molecule has 0 saturated heterocycles. The van der Waals surface area contributed by atoms with Crippen LogP contribution in [0, 0.1) is 32.4 Å². The first kappa shape index (κ1) is 73.8. The van der Waals surface area contributed by atoms with E-state index in [1.54, 1.807) is 56.0 Å². The Bertz CT molecular complexity index is 4760. The highest BCUT2D eigenvalue weighted by Gasteiger charge is 2.26. The molecule has 0 aliphatic heterocycles. The van der Waals surface area contributed by atoms with Gasteiger partial charge in [0.15, 0.2) is 44.4 Å². The average molecular weight is 1420 g/mol. The summed E-state index contributed by atoms with van der Waals surface area (Å²) in [7, 11) is -13.6. The number of benzene rings is 3. The van der Waals surface area contributed by atoms with Crippen molar-refractivity contribution in [2.45, 2.75) is 118 Å². The Morgan fingerprint density at radius 3 is 1.09 bits per heavy atom. The number of hydrogen-bond acceptors (Lipinski definition) is 17. The van der Waals surface area contributed by atoms with E-state index in [-0.39, 0.29) is 53.5 Å². The number of nitrogens with one attached hydrogen (secondary N) is 3. The molecular weight excluding hydrogens is 1350 g/mol. The summed E-state index contributed by atoms with van der Waals surface area (Å²) in [6.45, 7) is 11.1. The average Bonchev–Trinajstić information content (AvgIpc) is 1.72. The predicted octanol–water partition coefficient (Wildman–Crippen LogP) is 10.7. The standard InChI is InChI=1S/C22H26N4O5S2.2C21H22ClFN4O3S/c1-5-6-21(16-11-19(13-23-12-16)33(4,30)31)25-22(27)20-14-24-26(15(20)2)17-7-9-18(10-8-17)32(3,28)29;1-4-5-19(14-6-9-20(24-11-14)31(3,29)30)26-21(28)16-12-25-27(13(16)2)15-7-8-18(23)17(22)10-15;1-4-5-20(14-8-16(11-24-10-14)31(3,29)30)26-21(28)17-12-25-27(13(17)2)15-6-7-19(23)18(22)9-15/h7-14,21H,5-6H2,1-4H3,(H,25,27);6-12,19H,4-5H2,1-3H3,(H,26,28);6-12,20H,4-5H2,1-3H3,(H,26,28). The molecule has 3 N–H and O–H groups in total. The SMILES string of the molecule is CCCC(NC(=O)c1cnn(-c2ccc(F)c(Cl)c2)c1C)c1ccc(S(C)(=O)=O)nc1.CCCC(NC(=O)c1cnn(-c2ccc(F)c(Cl)c2)c1C)c1cncc(S(C)(=O)=O)c1.CCCC(NC(=O)c1cnn(-c2ccc(S(C)(=O)=O)cc2)c1C)c1cncc(S(C)(=O)=O)c1. The second-order valence-corrected chi connectivity index (χ2v) is 31.1. The van der Waals surface area contributed by atoms with Gasteiger partial charge in [0.2, 0.25) is 0 Å². The lowest BCUT2D eigenvalue weighted by molar-refractivity contribution is 0.0925. The van der Waals surface area contributed by atoms with Crippen LogP contribution < -0.4 is 16.0 Å². The summed E-state index contributed by atoms with van der Waals surface area (Å²) in [4.78, 5) is 51.4. The maximum atomic E-state index is 13.5. The molecule has 0 bridgehead atoms. The van der Waals surface area contributed by atoms with E-state index >= 15 is 0 Å².